The minimum atomic E-state index is -0.153. The van der Waals surface area contributed by atoms with E-state index >= 15 is 0 Å². The normalized spacial score (nSPS) is 18.9. The Labute approximate surface area is 97.1 Å². The molecule has 0 aliphatic heterocycles. The lowest BCUT2D eigenvalue weighted by molar-refractivity contribution is 0.448. The Morgan fingerprint density at radius 3 is 2.50 bits per heavy atom. The summed E-state index contributed by atoms with van der Waals surface area (Å²) in [6.07, 6.45) is 6.33. The van der Waals surface area contributed by atoms with Gasteiger partial charge >= 0.3 is 0 Å². The monoisotopic (exact) mass is 221 g/mol. The molecule has 2 heteroatoms. The highest BCUT2D eigenvalue weighted by Crippen LogP contribution is 2.18. The van der Waals surface area contributed by atoms with Gasteiger partial charge in [-0.25, -0.2) is 4.39 Å². The number of nitrogens with one attached hydrogen (secondary N) is 1. The summed E-state index contributed by atoms with van der Waals surface area (Å²) in [4.78, 5) is 0. The Kier molecular flexibility index (Phi) is 3.94. The Morgan fingerprint density at radius 1 is 1.25 bits per heavy atom. The molecule has 0 saturated heterocycles. The van der Waals surface area contributed by atoms with Gasteiger partial charge in [-0.05, 0) is 43.9 Å². The molecule has 0 heterocycles. The molecule has 1 nitrogen and oxygen atoms in total. The van der Waals surface area contributed by atoms with Crippen LogP contribution in [-0.4, -0.2) is 12.1 Å². The molecule has 1 aromatic carbocycles. The number of hydrogen-bond donors (Lipinski definition) is 1. The molecule has 2 rings (SSSR count). The quantitative estimate of drug-likeness (QED) is 0.822. The standard InChI is InChI=1S/C14H20FN/c1-11(16-14-4-2-3-5-14)10-12-6-8-13(15)9-7-12/h6-9,11,14,16H,2-5,10H2,1H3. The van der Waals surface area contributed by atoms with Gasteiger partial charge in [-0.2, -0.15) is 0 Å². The van der Waals surface area contributed by atoms with Crippen LogP contribution in [0.15, 0.2) is 24.3 Å². The number of halogens is 1. The molecule has 0 spiro atoms. The second-order valence-electron chi connectivity index (χ2n) is 4.88. The zero-order chi connectivity index (χ0) is 11.4. The first-order chi connectivity index (χ1) is 7.74. The summed E-state index contributed by atoms with van der Waals surface area (Å²) in [5.41, 5.74) is 1.21. The van der Waals surface area contributed by atoms with E-state index in [0.29, 0.717) is 12.1 Å². The lowest BCUT2D eigenvalue weighted by Gasteiger charge is -2.19. The molecule has 1 aromatic rings. The Balaban J connectivity index is 1.81. The summed E-state index contributed by atoms with van der Waals surface area (Å²) >= 11 is 0. The van der Waals surface area contributed by atoms with Crippen LogP contribution in [-0.2, 0) is 6.42 Å². The first kappa shape index (κ1) is 11.6. The van der Waals surface area contributed by atoms with Crippen molar-refractivity contribution in [1.82, 2.24) is 5.32 Å². The van der Waals surface area contributed by atoms with E-state index in [0.717, 1.165) is 6.42 Å². The number of hydrogen-bond acceptors (Lipinski definition) is 1. The van der Waals surface area contributed by atoms with Crippen LogP contribution in [0.25, 0.3) is 0 Å². The predicted molar refractivity (Wildman–Crippen MR) is 65.0 cm³/mol. The van der Waals surface area contributed by atoms with E-state index in [4.69, 9.17) is 0 Å². The minimum Gasteiger partial charge on any atom is -0.311 e. The van der Waals surface area contributed by atoms with Crippen LogP contribution in [0.3, 0.4) is 0 Å². The van der Waals surface area contributed by atoms with Crippen molar-refractivity contribution in [3.8, 4) is 0 Å². The van der Waals surface area contributed by atoms with Crippen molar-refractivity contribution in [2.75, 3.05) is 0 Å². The highest BCUT2D eigenvalue weighted by molar-refractivity contribution is 5.17. The second-order valence-corrected chi connectivity index (χ2v) is 4.88. The van der Waals surface area contributed by atoms with Crippen molar-refractivity contribution in [2.45, 2.75) is 51.1 Å². The second kappa shape index (κ2) is 5.44. The fourth-order valence-corrected chi connectivity index (χ4v) is 2.53. The van der Waals surface area contributed by atoms with E-state index in [9.17, 15) is 4.39 Å². The van der Waals surface area contributed by atoms with Gasteiger partial charge in [-0.15, -0.1) is 0 Å². The van der Waals surface area contributed by atoms with E-state index in [1.54, 1.807) is 0 Å². The van der Waals surface area contributed by atoms with Crippen LogP contribution in [0.2, 0.25) is 0 Å². The van der Waals surface area contributed by atoms with Gasteiger partial charge in [0.1, 0.15) is 5.82 Å². The maximum Gasteiger partial charge on any atom is 0.123 e. The largest absolute Gasteiger partial charge is 0.311 e. The lowest BCUT2D eigenvalue weighted by atomic mass is 10.1. The molecule has 0 amide bonds. The van der Waals surface area contributed by atoms with Crippen molar-refractivity contribution < 1.29 is 4.39 Å². The summed E-state index contributed by atoms with van der Waals surface area (Å²) < 4.78 is 12.7. The zero-order valence-corrected chi connectivity index (χ0v) is 9.88. The average molecular weight is 221 g/mol. The SMILES string of the molecule is CC(Cc1ccc(F)cc1)NC1CCCC1. The molecule has 1 saturated carbocycles. The molecule has 1 N–H and O–H groups in total. The maximum atomic E-state index is 12.7. The van der Waals surface area contributed by atoms with Gasteiger partial charge in [0.25, 0.3) is 0 Å². The molecule has 1 atom stereocenters. The third kappa shape index (κ3) is 3.31. The molecule has 16 heavy (non-hydrogen) atoms. The summed E-state index contributed by atoms with van der Waals surface area (Å²) in [5.74, 6) is -0.153. The molecule has 0 radical (unpaired) electrons. The van der Waals surface area contributed by atoms with Crippen LogP contribution >= 0.6 is 0 Å². The highest BCUT2D eigenvalue weighted by atomic mass is 19.1. The lowest BCUT2D eigenvalue weighted by Crippen LogP contribution is -2.35. The molecular weight excluding hydrogens is 201 g/mol. The van der Waals surface area contributed by atoms with E-state index in [1.165, 1.54) is 43.4 Å². The van der Waals surface area contributed by atoms with Gasteiger partial charge in [0.05, 0.1) is 0 Å². The third-order valence-corrected chi connectivity index (χ3v) is 3.33. The Morgan fingerprint density at radius 2 is 1.88 bits per heavy atom. The van der Waals surface area contributed by atoms with Crippen molar-refractivity contribution in [3.63, 3.8) is 0 Å². The van der Waals surface area contributed by atoms with Gasteiger partial charge < -0.3 is 5.32 Å². The van der Waals surface area contributed by atoms with E-state index in [-0.39, 0.29) is 5.82 Å². The molecule has 1 aliphatic rings. The number of benzene rings is 1. The summed E-state index contributed by atoms with van der Waals surface area (Å²) in [6.45, 7) is 2.21. The summed E-state index contributed by atoms with van der Waals surface area (Å²) in [6, 6.07) is 8.02. The number of rotatable bonds is 4. The van der Waals surface area contributed by atoms with Crippen molar-refractivity contribution in [2.24, 2.45) is 0 Å². The fourth-order valence-electron chi connectivity index (χ4n) is 2.53. The van der Waals surface area contributed by atoms with Gasteiger partial charge in [-0.3, -0.25) is 0 Å². The molecule has 1 unspecified atom stereocenters. The van der Waals surface area contributed by atoms with Gasteiger partial charge in [-0.1, -0.05) is 25.0 Å². The predicted octanol–water partition coefficient (Wildman–Crippen LogP) is 3.29. The average Bonchev–Trinajstić information content (AvgIpc) is 2.74. The Bertz CT molecular complexity index is 314. The first-order valence-electron chi connectivity index (χ1n) is 6.24. The van der Waals surface area contributed by atoms with Crippen LogP contribution in [0.1, 0.15) is 38.2 Å². The molecular formula is C14H20FN. The zero-order valence-electron chi connectivity index (χ0n) is 9.88. The van der Waals surface area contributed by atoms with Crippen LogP contribution in [0, 0.1) is 5.82 Å². The van der Waals surface area contributed by atoms with E-state index in [2.05, 4.69) is 12.2 Å². The molecule has 1 aliphatic carbocycles. The van der Waals surface area contributed by atoms with Crippen LogP contribution < -0.4 is 5.32 Å². The van der Waals surface area contributed by atoms with Gasteiger partial charge in [0, 0.05) is 12.1 Å². The summed E-state index contributed by atoms with van der Waals surface area (Å²) in [5, 5.41) is 3.65. The molecule has 0 aromatic heterocycles. The van der Waals surface area contributed by atoms with Crippen molar-refractivity contribution in [1.29, 1.82) is 0 Å². The van der Waals surface area contributed by atoms with Gasteiger partial charge in [0.2, 0.25) is 0 Å². The van der Waals surface area contributed by atoms with Crippen molar-refractivity contribution >= 4 is 0 Å². The maximum absolute atomic E-state index is 12.7. The van der Waals surface area contributed by atoms with Crippen LogP contribution in [0.4, 0.5) is 4.39 Å². The molecule has 88 valence electrons. The van der Waals surface area contributed by atoms with Crippen molar-refractivity contribution in [3.05, 3.63) is 35.6 Å². The van der Waals surface area contributed by atoms with E-state index < -0.39 is 0 Å². The topological polar surface area (TPSA) is 12.0 Å². The Hall–Kier alpha value is -0.890. The molecule has 1 fully saturated rings. The van der Waals surface area contributed by atoms with Crippen LogP contribution in [0.5, 0.6) is 0 Å². The third-order valence-electron chi connectivity index (χ3n) is 3.33. The smallest absolute Gasteiger partial charge is 0.123 e. The van der Waals surface area contributed by atoms with E-state index in [1.807, 2.05) is 12.1 Å². The van der Waals surface area contributed by atoms with Gasteiger partial charge in [0.15, 0.2) is 0 Å². The highest BCUT2D eigenvalue weighted by Gasteiger charge is 2.16. The fraction of sp³-hybridized carbons (Fsp3) is 0.571. The first-order valence-corrected chi connectivity index (χ1v) is 6.24. The molecule has 0 bridgehead atoms. The minimum absolute atomic E-state index is 0.153. The summed E-state index contributed by atoms with van der Waals surface area (Å²) in [7, 11) is 0.